The van der Waals surface area contributed by atoms with Crippen molar-refractivity contribution < 1.29 is 14.2 Å². The summed E-state index contributed by atoms with van der Waals surface area (Å²) in [5.41, 5.74) is 10.3. The molecule has 2 aromatic carbocycles. The summed E-state index contributed by atoms with van der Waals surface area (Å²) in [6, 6.07) is 10.1. The van der Waals surface area contributed by atoms with Gasteiger partial charge in [-0.25, -0.2) is 0 Å². The Bertz CT molecular complexity index is 683. The molecule has 0 aliphatic heterocycles. The number of rotatable bonds is 8. The maximum atomic E-state index is 5.94. The van der Waals surface area contributed by atoms with Gasteiger partial charge in [-0.15, -0.1) is 0 Å². The molecule has 4 heteroatoms. The molecule has 0 bridgehead atoms. The van der Waals surface area contributed by atoms with Gasteiger partial charge in [-0.1, -0.05) is 18.2 Å². The van der Waals surface area contributed by atoms with Crippen LogP contribution in [-0.2, 0) is 6.42 Å². The molecule has 0 heterocycles. The van der Waals surface area contributed by atoms with Crippen LogP contribution in [0.15, 0.2) is 30.3 Å². The highest BCUT2D eigenvalue weighted by molar-refractivity contribution is 5.45. The third-order valence-corrected chi connectivity index (χ3v) is 4.12. The van der Waals surface area contributed by atoms with E-state index in [1.165, 1.54) is 11.1 Å². The van der Waals surface area contributed by atoms with Gasteiger partial charge in [0.05, 0.1) is 7.11 Å². The highest BCUT2D eigenvalue weighted by Gasteiger charge is 2.08. The first-order valence-electron chi connectivity index (χ1n) is 8.26. The smallest absolute Gasteiger partial charge is 0.161 e. The molecule has 2 N–H and O–H groups in total. The topological polar surface area (TPSA) is 53.7 Å². The van der Waals surface area contributed by atoms with Gasteiger partial charge >= 0.3 is 0 Å². The average Bonchev–Trinajstić information content (AvgIpc) is 2.58. The van der Waals surface area contributed by atoms with E-state index in [1.807, 2.05) is 18.2 Å². The van der Waals surface area contributed by atoms with Gasteiger partial charge in [0.1, 0.15) is 19.0 Å². The maximum Gasteiger partial charge on any atom is 0.161 e. The van der Waals surface area contributed by atoms with Crippen LogP contribution in [0.5, 0.6) is 17.2 Å². The van der Waals surface area contributed by atoms with E-state index in [0.717, 1.165) is 34.8 Å². The molecular weight excluding hydrogens is 302 g/mol. The lowest BCUT2D eigenvalue weighted by Gasteiger charge is -2.15. The van der Waals surface area contributed by atoms with Gasteiger partial charge in [0, 0.05) is 0 Å². The fraction of sp³-hybridized carbons (Fsp3) is 0.400. The van der Waals surface area contributed by atoms with E-state index in [2.05, 4.69) is 32.9 Å². The highest BCUT2D eigenvalue weighted by atomic mass is 16.5. The Morgan fingerprint density at radius 3 is 2.29 bits per heavy atom. The summed E-state index contributed by atoms with van der Waals surface area (Å²) in [7, 11) is 1.64. The zero-order chi connectivity index (χ0) is 17.5. The Balaban J connectivity index is 1.97. The van der Waals surface area contributed by atoms with E-state index < -0.39 is 0 Å². The van der Waals surface area contributed by atoms with Crippen LogP contribution < -0.4 is 19.9 Å². The molecule has 2 aromatic rings. The molecular formula is C20H27NO3. The lowest BCUT2D eigenvalue weighted by Crippen LogP contribution is -2.11. The van der Waals surface area contributed by atoms with Gasteiger partial charge in [-0.2, -0.15) is 0 Å². The molecule has 0 radical (unpaired) electrons. The SMILES string of the molecule is COc1ccc(CCN)cc1OCCOc1c(C)ccc(C)c1C. The van der Waals surface area contributed by atoms with Crippen molar-refractivity contribution >= 4 is 0 Å². The first-order valence-corrected chi connectivity index (χ1v) is 8.26. The molecule has 130 valence electrons. The van der Waals surface area contributed by atoms with E-state index in [9.17, 15) is 0 Å². The zero-order valence-electron chi connectivity index (χ0n) is 15.0. The van der Waals surface area contributed by atoms with Crippen LogP contribution in [0.1, 0.15) is 22.3 Å². The Morgan fingerprint density at radius 2 is 1.58 bits per heavy atom. The molecule has 0 spiro atoms. The lowest BCUT2D eigenvalue weighted by molar-refractivity contribution is 0.209. The normalized spacial score (nSPS) is 10.5. The fourth-order valence-electron chi connectivity index (χ4n) is 2.60. The first-order chi connectivity index (χ1) is 11.6. The second-order valence-electron chi connectivity index (χ2n) is 5.87. The van der Waals surface area contributed by atoms with Crippen molar-refractivity contribution in [3.8, 4) is 17.2 Å². The quantitative estimate of drug-likeness (QED) is 0.752. The maximum absolute atomic E-state index is 5.94. The van der Waals surface area contributed by atoms with Crippen LogP contribution in [0.4, 0.5) is 0 Å². The van der Waals surface area contributed by atoms with E-state index in [4.69, 9.17) is 19.9 Å². The van der Waals surface area contributed by atoms with Crippen molar-refractivity contribution in [2.24, 2.45) is 5.73 Å². The molecule has 0 aliphatic carbocycles. The Labute approximate surface area is 144 Å². The molecule has 0 unspecified atom stereocenters. The number of nitrogens with two attached hydrogens (primary N) is 1. The summed E-state index contributed by atoms with van der Waals surface area (Å²) in [4.78, 5) is 0. The van der Waals surface area contributed by atoms with Crippen LogP contribution >= 0.6 is 0 Å². The van der Waals surface area contributed by atoms with Crippen molar-refractivity contribution in [1.82, 2.24) is 0 Å². The van der Waals surface area contributed by atoms with Crippen molar-refractivity contribution in [2.45, 2.75) is 27.2 Å². The predicted octanol–water partition coefficient (Wildman–Crippen LogP) is 3.58. The van der Waals surface area contributed by atoms with Gasteiger partial charge in [0.15, 0.2) is 11.5 Å². The standard InChI is InChI=1S/C20H27NO3/c1-14-5-6-15(2)20(16(14)3)24-12-11-23-19-13-17(9-10-21)7-8-18(19)22-4/h5-8,13H,9-12,21H2,1-4H3. The van der Waals surface area contributed by atoms with Crippen molar-refractivity contribution in [1.29, 1.82) is 0 Å². The first kappa shape index (κ1) is 18.1. The number of ether oxygens (including phenoxy) is 3. The second-order valence-corrected chi connectivity index (χ2v) is 5.87. The summed E-state index contributed by atoms with van der Waals surface area (Å²) in [5, 5.41) is 0. The van der Waals surface area contributed by atoms with Crippen LogP contribution in [0.25, 0.3) is 0 Å². The van der Waals surface area contributed by atoms with E-state index in [-0.39, 0.29) is 0 Å². The molecule has 0 saturated heterocycles. The fourth-order valence-corrected chi connectivity index (χ4v) is 2.60. The van der Waals surface area contributed by atoms with Gasteiger partial charge in [-0.3, -0.25) is 0 Å². The average molecular weight is 329 g/mol. The number of aryl methyl sites for hydroxylation is 2. The molecule has 0 atom stereocenters. The molecule has 0 fully saturated rings. The minimum Gasteiger partial charge on any atom is -0.493 e. The summed E-state index contributed by atoms with van der Waals surface area (Å²) in [6.07, 6.45) is 0.818. The molecule has 0 saturated carbocycles. The Kier molecular flexibility index (Phi) is 6.50. The minimum absolute atomic E-state index is 0.454. The molecule has 24 heavy (non-hydrogen) atoms. The van der Waals surface area contributed by atoms with Crippen molar-refractivity contribution in [3.63, 3.8) is 0 Å². The molecule has 4 nitrogen and oxygen atoms in total. The van der Waals surface area contributed by atoms with Crippen molar-refractivity contribution in [2.75, 3.05) is 26.9 Å². The van der Waals surface area contributed by atoms with Gasteiger partial charge in [-0.05, 0) is 68.1 Å². The van der Waals surface area contributed by atoms with Crippen LogP contribution in [-0.4, -0.2) is 26.9 Å². The number of hydrogen-bond donors (Lipinski definition) is 1. The third kappa shape index (κ3) is 4.42. The Hall–Kier alpha value is -2.20. The van der Waals surface area contributed by atoms with Crippen LogP contribution in [0.2, 0.25) is 0 Å². The van der Waals surface area contributed by atoms with E-state index >= 15 is 0 Å². The summed E-state index contributed by atoms with van der Waals surface area (Å²) < 4.78 is 17.1. The van der Waals surface area contributed by atoms with E-state index in [0.29, 0.717) is 19.8 Å². The van der Waals surface area contributed by atoms with Gasteiger partial charge in [0.25, 0.3) is 0 Å². The highest BCUT2D eigenvalue weighted by Crippen LogP contribution is 2.29. The van der Waals surface area contributed by atoms with Crippen LogP contribution in [0.3, 0.4) is 0 Å². The minimum atomic E-state index is 0.454. The summed E-state index contributed by atoms with van der Waals surface area (Å²) in [5.74, 6) is 2.39. The second kappa shape index (κ2) is 8.60. The third-order valence-electron chi connectivity index (χ3n) is 4.12. The number of benzene rings is 2. The summed E-state index contributed by atoms with van der Waals surface area (Å²) in [6.45, 7) is 7.77. The number of methoxy groups -OCH3 is 1. The largest absolute Gasteiger partial charge is 0.493 e. The monoisotopic (exact) mass is 329 g/mol. The molecule has 0 aliphatic rings. The van der Waals surface area contributed by atoms with Crippen LogP contribution in [0, 0.1) is 20.8 Å². The predicted molar refractivity (Wildman–Crippen MR) is 97.4 cm³/mol. The zero-order valence-corrected chi connectivity index (χ0v) is 15.0. The van der Waals surface area contributed by atoms with E-state index in [1.54, 1.807) is 7.11 Å². The number of hydrogen-bond acceptors (Lipinski definition) is 4. The Morgan fingerprint density at radius 1 is 0.875 bits per heavy atom. The van der Waals surface area contributed by atoms with Gasteiger partial charge < -0.3 is 19.9 Å². The summed E-state index contributed by atoms with van der Waals surface area (Å²) >= 11 is 0. The van der Waals surface area contributed by atoms with Gasteiger partial charge in [0.2, 0.25) is 0 Å². The lowest BCUT2D eigenvalue weighted by atomic mass is 10.1. The molecule has 0 amide bonds. The molecule has 2 rings (SSSR count). The van der Waals surface area contributed by atoms with Crippen molar-refractivity contribution in [3.05, 3.63) is 52.6 Å². The molecule has 0 aromatic heterocycles.